The van der Waals surface area contributed by atoms with Crippen molar-refractivity contribution in [1.82, 2.24) is 14.9 Å². The van der Waals surface area contributed by atoms with Crippen LogP contribution in [0.5, 0.6) is 0 Å². The summed E-state index contributed by atoms with van der Waals surface area (Å²) in [7, 11) is 3.91. The summed E-state index contributed by atoms with van der Waals surface area (Å²) >= 11 is 0. The van der Waals surface area contributed by atoms with Crippen LogP contribution in [0, 0.1) is 6.92 Å². The molecule has 0 bridgehead atoms. The van der Waals surface area contributed by atoms with Gasteiger partial charge in [-0.1, -0.05) is 29.8 Å². The van der Waals surface area contributed by atoms with Gasteiger partial charge in [0.15, 0.2) is 0 Å². The molecule has 1 N–H and O–H groups in total. The summed E-state index contributed by atoms with van der Waals surface area (Å²) in [5.41, 5.74) is 2.70. The lowest BCUT2D eigenvalue weighted by molar-refractivity contribution is 0.328. The van der Waals surface area contributed by atoms with Gasteiger partial charge in [-0.25, -0.2) is 4.98 Å². The van der Waals surface area contributed by atoms with Gasteiger partial charge in [0.25, 0.3) is 0 Å². The molecule has 1 saturated heterocycles. The number of aromatic nitrogens is 2. The molecule has 5 nitrogen and oxygen atoms in total. The number of hydrogen-bond acceptors (Lipinski definition) is 5. The first-order valence-electron chi connectivity index (χ1n) is 8.15. The van der Waals surface area contributed by atoms with Crippen LogP contribution in [-0.4, -0.2) is 48.1 Å². The average molecular weight is 311 g/mol. The molecule has 122 valence electrons. The lowest BCUT2D eigenvalue weighted by atomic mass is 10.1. The number of benzene rings is 1. The van der Waals surface area contributed by atoms with Crippen LogP contribution < -0.4 is 10.2 Å². The number of anilines is 2. The molecule has 1 unspecified atom stereocenters. The number of hydrogen-bond donors (Lipinski definition) is 1. The summed E-state index contributed by atoms with van der Waals surface area (Å²) in [4.78, 5) is 13.2. The Morgan fingerprint density at radius 2 is 2.00 bits per heavy atom. The molecule has 1 aromatic carbocycles. The lowest BCUT2D eigenvalue weighted by Gasteiger charge is -2.18. The molecule has 3 rings (SSSR count). The molecule has 5 heteroatoms. The molecule has 0 saturated carbocycles. The van der Waals surface area contributed by atoms with Crippen molar-refractivity contribution < 1.29 is 0 Å². The molecule has 2 heterocycles. The van der Waals surface area contributed by atoms with E-state index in [1.165, 1.54) is 11.1 Å². The van der Waals surface area contributed by atoms with Crippen molar-refractivity contribution in [2.24, 2.45) is 0 Å². The third-order valence-corrected chi connectivity index (χ3v) is 4.19. The van der Waals surface area contributed by atoms with Crippen LogP contribution in [-0.2, 0) is 6.54 Å². The maximum atomic E-state index is 4.54. The van der Waals surface area contributed by atoms with Crippen LogP contribution in [0.15, 0.2) is 36.5 Å². The highest BCUT2D eigenvalue weighted by Crippen LogP contribution is 2.18. The molecule has 1 aliphatic heterocycles. The SMILES string of the molecule is Cc1ccc(CN2CCC(Nc3ccnc(N(C)C)n3)C2)cc1. The van der Waals surface area contributed by atoms with E-state index >= 15 is 0 Å². The lowest BCUT2D eigenvalue weighted by Crippen LogP contribution is -2.26. The highest BCUT2D eigenvalue weighted by molar-refractivity contribution is 5.41. The van der Waals surface area contributed by atoms with Crippen LogP contribution in [0.25, 0.3) is 0 Å². The van der Waals surface area contributed by atoms with Gasteiger partial charge in [0.1, 0.15) is 5.82 Å². The van der Waals surface area contributed by atoms with E-state index in [4.69, 9.17) is 0 Å². The number of rotatable bonds is 5. The number of nitrogens with one attached hydrogen (secondary N) is 1. The van der Waals surface area contributed by atoms with Gasteiger partial charge in [-0.05, 0) is 25.0 Å². The van der Waals surface area contributed by atoms with Gasteiger partial charge < -0.3 is 10.2 Å². The predicted molar refractivity (Wildman–Crippen MR) is 94.8 cm³/mol. The van der Waals surface area contributed by atoms with E-state index in [2.05, 4.69) is 51.4 Å². The Morgan fingerprint density at radius 3 is 2.74 bits per heavy atom. The van der Waals surface area contributed by atoms with Crippen LogP contribution in [0.4, 0.5) is 11.8 Å². The van der Waals surface area contributed by atoms with Crippen molar-refractivity contribution in [3.05, 3.63) is 47.7 Å². The molecular weight excluding hydrogens is 286 g/mol. The summed E-state index contributed by atoms with van der Waals surface area (Å²) in [5.74, 6) is 1.65. The summed E-state index contributed by atoms with van der Waals surface area (Å²) < 4.78 is 0. The van der Waals surface area contributed by atoms with Crippen molar-refractivity contribution in [3.63, 3.8) is 0 Å². The normalized spacial score (nSPS) is 18.1. The molecule has 1 aromatic heterocycles. The Bertz CT molecular complexity index is 638. The first-order valence-corrected chi connectivity index (χ1v) is 8.15. The van der Waals surface area contributed by atoms with Gasteiger partial charge >= 0.3 is 0 Å². The second-order valence-corrected chi connectivity index (χ2v) is 6.49. The summed E-state index contributed by atoms with van der Waals surface area (Å²) in [6.45, 7) is 5.32. The molecule has 0 aliphatic carbocycles. The fourth-order valence-electron chi connectivity index (χ4n) is 2.90. The van der Waals surface area contributed by atoms with Gasteiger partial charge in [-0.15, -0.1) is 0 Å². The minimum atomic E-state index is 0.449. The van der Waals surface area contributed by atoms with Crippen LogP contribution in [0.3, 0.4) is 0 Å². The minimum Gasteiger partial charge on any atom is -0.366 e. The predicted octanol–water partition coefficient (Wildman–Crippen LogP) is 2.54. The fraction of sp³-hybridized carbons (Fsp3) is 0.444. The second kappa shape index (κ2) is 6.96. The van der Waals surface area contributed by atoms with Gasteiger partial charge in [0, 0.05) is 46.0 Å². The topological polar surface area (TPSA) is 44.3 Å². The molecule has 0 spiro atoms. The second-order valence-electron chi connectivity index (χ2n) is 6.49. The number of nitrogens with zero attached hydrogens (tertiary/aromatic N) is 4. The third-order valence-electron chi connectivity index (χ3n) is 4.19. The van der Waals surface area contributed by atoms with Crippen LogP contribution in [0.1, 0.15) is 17.5 Å². The van der Waals surface area contributed by atoms with Gasteiger partial charge in [-0.3, -0.25) is 4.90 Å². The van der Waals surface area contributed by atoms with Gasteiger partial charge in [-0.2, -0.15) is 4.98 Å². The van der Waals surface area contributed by atoms with Gasteiger partial charge in [0.05, 0.1) is 0 Å². The maximum Gasteiger partial charge on any atom is 0.226 e. The van der Waals surface area contributed by atoms with Crippen LogP contribution >= 0.6 is 0 Å². The molecule has 0 radical (unpaired) electrons. The van der Waals surface area contributed by atoms with Crippen molar-refractivity contribution in [2.75, 3.05) is 37.4 Å². The highest BCUT2D eigenvalue weighted by Gasteiger charge is 2.22. The Balaban J connectivity index is 1.55. The van der Waals surface area contributed by atoms with E-state index in [1.54, 1.807) is 0 Å². The minimum absolute atomic E-state index is 0.449. The summed E-state index contributed by atoms with van der Waals surface area (Å²) in [6, 6.07) is 11.2. The summed E-state index contributed by atoms with van der Waals surface area (Å²) in [6.07, 6.45) is 2.96. The first kappa shape index (κ1) is 15.7. The molecule has 2 aromatic rings. The molecule has 1 fully saturated rings. The van der Waals surface area contributed by atoms with Gasteiger partial charge in [0.2, 0.25) is 5.95 Å². The van der Waals surface area contributed by atoms with E-state index in [-0.39, 0.29) is 0 Å². The molecule has 1 aliphatic rings. The van der Waals surface area contributed by atoms with E-state index in [9.17, 15) is 0 Å². The standard InChI is InChI=1S/C18H25N5/c1-14-4-6-15(7-5-14)12-23-11-9-16(13-23)20-17-8-10-19-18(21-17)22(2)3/h4-8,10,16H,9,11-13H2,1-3H3,(H,19,20,21). The van der Waals surface area contributed by atoms with E-state index in [1.807, 2.05) is 31.3 Å². The highest BCUT2D eigenvalue weighted by atomic mass is 15.2. The zero-order valence-electron chi connectivity index (χ0n) is 14.2. The van der Waals surface area contributed by atoms with Crippen molar-refractivity contribution in [3.8, 4) is 0 Å². The average Bonchev–Trinajstić information content (AvgIpc) is 2.97. The molecule has 0 amide bonds. The van der Waals surface area contributed by atoms with Crippen molar-refractivity contribution in [2.45, 2.75) is 25.9 Å². The monoisotopic (exact) mass is 311 g/mol. The zero-order valence-corrected chi connectivity index (χ0v) is 14.2. The van der Waals surface area contributed by atoms with E-state index in [0.29, 0.717) is 6.04 Å². The largest absolute Gasteiger partial charge is 0.366 e. The van der Waals surface area contributed by atoms with Crippen molar-refractivity contribution in [1.29, 1.82) is 0 Å². The Hall–Kier alpha value is -2.14. The Morgan fingerprint density at radius 1 is 1.22 bits per heavy atom. The molecule has 23 heavy (non-hydrogen) atoms. The smallest absolute Gasteiger partial charge is 0.226 e. The van der Waals surface area contributed by atoms with E-state index < -0.39 is 0 Å². The quantitative estimate of drug-likeness (QED) is 0.919. The van der Waals surface area contributed by atoms with Crippen LogP contribution in [0.2, 0.25) is 0 Å². The number of likely N-dealkylation sites (tertiary alicyclic amines) is 1. The van der Waals surface area contributed by atoms with Crippen molar-refractivity contribution >= 4 is 11.8 Å². The third kappa shape index (κ3) is 4.20. The first-order chi connectivity index (χ1) is 11.1. The number of aryl methyl sites for hydroxylation is 1. The Labute approximate surface area is 138 Å². The molecular formula is C18H25N5. The van der Waals surface area contributed by atoms with E-state index in [0.717, 1.165) is 37.8 Å². The fourth-order valence-corrected chi connectivity index (χ4v) is 2.90. The maximum absolute atomic E-state index is 4.54. The zero-order chi connectivity index (χ0) is 16.2. The summed E-state index contributed by atoms with van der Waals surface area (Å²) in [5, 5.41) is 3.54. The Kier molecular flexibility index (Phi) is 4.76. The molecule has 1 atom stereocenters.